The molecule has 172 valence electrons. The molecule has 3 aromatic rings. The number of carbonyl (C=O) groups excluding carboxylic acids is 2. The Balaban J connectivity index is 1.62. The van der Waals surface area contributed by atoms with Gasteiger partial charge in [0, 0.05) is 11.8 Å². The van der Waals surface area contributed by atoms with E-state index < -0.39 is 5.91 Å². The van der Waals surface area contributed by atoms with Crippen molar-refractivity contribution in [3.8, 4) is 11.5 Å². The van der Waals surface area contributed by atoms with Gasteiger partial charge in [-0.2, -0.15) is 0 Å². The molecule has 0 aliphatic carbocycles. The van der Waals surface area contributed by atoms with Gasteiger partial charge in [0.25, 0.3) is 11.8 Å². The largest absolute Gasteiger partial charge is 0.486 e. The fourth-order valence-electron chi connectivity index (χ4n) is 4.36. The number of amides is 2. The minimum Gasteiger partial charge on any atom is -0.486 e. The smallest absolute Gasteiger partial charge is 0.282 e. The molecule has 0 fully saturated rings. The van der Waals surface area contributed by atoms with Crippen molar-refractivity contribution in [2.24, 2.45) is 0 Å². The summed E-state index contributed by atoms with van der Waals surface area (Å²) >= 11 is 0. The van der Waals surface area contributed by atoms with Crippen molar-refractivity contribution >= 4 is 28.8 Å². The summed E-state index contributed by atoms with van der Waals surface area (Å²) in [4.78, 5) is 28.7. The number of nitrogens with zero attached hydrogens (tertiary/aromatic N) is 1. The Hall–Kier alpha value is -4.06. The maximum atomic E-state index is 13.8. The first-order valence-electron chi connectivity index (χ1n) is 11.3. The van der Waals surface area contributed by atoms with Crippen LogP contribution in [-0.4, -0.2) is 25.0 Å². The van der Waals surface area contributed by atoms with Gasteiger partial charge in [-0.05, 0) is 74.2 Å². The van der Waals surface area contributed by atoms with E-state index in [-0.39, 0.29) is 11.6 Å². The van der Waals surface area contributed by atoms with Crippen LogP contribution >= 0.6 is 0 Å². The lowest BCUT2D eigenvalue weighted by Gasteiger charge is -2.21. The van der Waals surface area contributed by atoms with E-state index in [0.717, 1.165) is 33.5 Å². The SMILES string of the molecule is Cc1ccc(C2=C(Nc3ccc(C)c(C)c3)C(=O)N(c3ccc4c(c3)OCCO4)C2=O)c(C)c1. The molecule has 0 saturated carbocycles. The lowest BCUT2D eigenvalue weighted by Crippen LogP contribution is -2.32. The summed E-state index contributed by atoms with van der Waals surface area (Å²) in [6.07, 6.45) is 0. The molecule has 0 aromatic heterocycles. The predicted molar refractivity (Wildman–Crippen MR) is 132 cm³/mol. The second kappa shape index (κ2) is 8.37. The quantitative estimate of drug-likeness (QED) is 0.557. The third-order valence-electron chi connectivity index (χ3n) is 6.30. The van der Waals surface area contributed by atoms with Crippen molar-refractivity contribution < 1.29 is 19.1 Å². The summed E-state index contributed by atoms with van der Waals surface area (Å²) in [6, 6.07) is 16.9. The van der Waals surface area contributed by atoms with Crippen LogP contribution in [0.1, 0.15) is 27.8 Å². The third-order valence-corrected chi connectivity index (χ3v) is 6.30. The molecule has 0 bridgehead atoms. The number of anilines is 2. The fraction of sp³-hybridized carbons (Fsp3) is 0.214. The van der Waals surface area contributed by atoms with Crippen LogP contribution in [0, 0.1) is 27.7 Å². The van der Waals surface area contributed by atoms with Gasteiger partial charge in [0.15, 0.2) is 11.5 Å². The van der Waals surface area contributed by atoms with Crippen molar-refractivity contribution in [2.45, 2.75) is 27.7 Å². The van der Waals surface area contributed by atoms with E-state index in [1.54, 1.807) is 18.2 Å². The van der Waals surface area contributed by atoms with E-state index in [1.807, 2.05) is 64.1 Å². The highest BCUT2D eigenvalue weighted by Gasteiger charge is 2.41. The number of rotatable bonds is 4. The third kappa shape index (κ3) is 3.71. The summed E-state index contributed by atoms with van der Waals surface area (Å²) in [5.41, 5.74) is 6.82. The highest BCUT2D eigenvalue weighted by molar-refractivity contribution is 6.46. The molecule has 2 amide bonds. The van der Waals surface area contributed by atoms with Crippen molar-refractivity contribution in [3.63, 3.8) is 0 Å². The van der Waals surface area contributed by atoms with Crippen LogP contribution in [0.2, 0.25) is 0 Å². The molecule has 0 spiro atoms. The minimum atomic E-state index is -0.408. The second-order valence-electron chi connectivity index (χ2n) is 8.77. The van der Waals surface area contributed by atoms with Crippen LogP contribution in [0.4, 0.5) is 11.4 Å². The monoisotopic (exact) mass is 454 g/mol. The molecule has 5 rings (SSSR count). The van der Waals surface area contributed by atoms with E-state index in [2.05, 4.69) is 5.32 Å². The Bertz CT molecular complexity index is 1370. The maximum Gasteiger partial charge on any atom is 0.282 e. The molecule has 6 nitrogen and oxygen atoms in total. The average Bonchev–Trinajstić information content (AvgIpc) is 3.05. The number of nitrogens with one attached hydrogen (secondary N) is 1. The zero-order valence-electron chi connectivity index (χ0n) is 19.7. The number of fused-ring (bicyclic) bond motifs is 1. The van der Waals surface area contributed by atoms with Crippen molar-refractivity contribution in [2.75, 3.05) is 23.4 Å². The number of carbonyl (C=O) groups is 2. The van der Waals surface area contributed by atoms with Crippen LogP contribution in [0.3, 0.4) is 0 Å². The Morgan fingerprint density at radius 1 is 0.735 bits per heavy atom. The van der Waals surface area contributed by atoms with Crippen LogP contribution in [-0.2, 0) is 9.59 Å². The molecule has 0 saturated heterocycles. The van der Waals surface area contributed by atoms with Crippen LogP contribution < -0.4 is 19.7 Å². The Kier molecular flexibility index (Phi) is 5.36. The first-order chi connectivity index (χ1) is 16.3. The molecule has 0 unspecified atom stereocenters. The molecule has 2 heterocycles. The summed E-state index contributed by atoms with van der Waals surface area (Å²) in [6.45, 7) is 8.90. The molecule has 0 radical (unpaired) electrons. The van der Waals surface area contributed by atoms with Crippen molar-refractivity contribution in [1.29, 1.82) is 0 Å². The topological polar surface area (TPSA) is 67.9 Å². The van der Waals surface area contributed by atoms with Gasteiger partial charge in [-0.25, -0.2) is 4.90 Å². The van der Waals surface area contributed by atoms with Gasteiger partial charge in [0.05, 0.1) is 11.3 Å². The molecule has 1 N–H and O–H groups in total. The van der Waals surface area contributed by atoms with Crippen molar-refractivity contribution in [1.82, 2.24) is 0 Å². The Morgan fingerprint density at radius 3 is 2.24 bits per heavy atom. The molecular weight excluding hydrogens is 428 g/mol. The van der Waals surface area contributed by atoms with E-state index >= 15 is 0 Å². The highest BCUT2D eigenvalue weighted by atomic mass is 16.6. The normalized spacial score (nSPS) is 15.2. The van der Waals surface area contributed by atoms with Crippen LogP contribution in [0.15, 0.2) is 60.3 Å². The van der Waals surface area contributed by atoms with Crippen LogP contribution in [0.5, 0.6) is 11.5 Å². The fourth-order valence-corrected chi connectivity index (χ4v) is 4.36. The zero-order valence-corrected chi connectivity index (χ0v) is 19.7. The lowest BCUT2D eigenvalue weighted by molar-refractivity contribution is -0.120. The lowest BCUT2D eigenvalue weighted by atomic mass is 9.97. The summed E-state index contributed by atoms with van der Waals surface area (Å²) in [5, 5.41) is 3.25. The highest BCUT2D eigenvalue weighted by Crippen LogP contribution is 2.39. The number of ether oxygens (including phenoxy) is 2. The molecule has 34 heavy (non-hydrogen) atoms. The molecular formula is C28H26N2O4. The van der Waals surface area contributed by atoms with Crippen molar-refractivity contribution in [3.05, 3.63) is 88.1 Å². The Labute approximate surface area is 198 Å². The first-order valence-corrected chi connectivity index (χ1v) is 11.3. The van der Waals surface area contributed by atoms with Gasteiger partial charge in [-0.1, -0.05) is 29.8 Å². The molecule has 2 aliphatic heterocycles. The van der Waals surface area contributed by atoms with E-state index in [4.69, 9.17) is 9.47 Å². The van der Waals surface area contributed by atoms with Gasteiger partial charge >= 0.3 is 0 Å². The van der Waals surface area contributed by atoms with Gasteiger partial charge < -0.3 is 14.8 Å². The van der Waals surface area contributed by atoms with Crippen LogP contribution in [0.25, 0.3) is 5.57 Å². The van der Waals surface area contributed by atoms with Gasteiger partial charge in [0.2, 0.25) is 0 Å². The second-order valence-corrected chi connectivity index (χ2v) is 8.77. The number of hydrogen-bond donors (Lipinski definition) is 1. The Morgan fingerprint density at radius 2 is 1.50 bits per heavy atom. The minimum absolute atomic E-state index is 0.259. The van der Waals surface area contributed by atoms with E-state index in [0.29, 0.717) is 36.0 Å². The number of benzene rings is 3. The summed E-state index contributed by atoms with van der Waals surface area (Å²) in [7, 11) is 0. The first kappa shape index (κ1) is 21.8. The van der Waals surface area contributed by atoms with Gasteiger partial charge in [-0.15, -0.1) is 0 Å². The number of aryl methyl sites for hydroxylation is 4. The molecule has 0 atom stereocenters. The number of imide groups is 1. The zero-order chi connectivity index (χ0) is 24.0. The van der Waals surface area contributed by atoms with Gasteiger partial charge in [0.1, 0.15) is 18.9 Å². The average molecular weight is 455 g/mol. The summed E-state index contributed by atoms with van der Waals surface area (Å²) < 4.78 is 11.3. The standard InChI is InChI=1S/C28H26N2O4/c1-16-5-9-22(19(4)13-16)25-26(29-20-7-6-17(2)18(3)14-20)28(32)30(27(25)31)21-8-10-23-24(15-21)34-12-11-33-23/h5-10,13-15,29H,11-12H2,1-4H3. The predicted octanol–water partition coefficient (Wildman–Crippen LogP) is 5.09. The number of hydrogen-bond acceptors (Lipinski definition) is 5. The molecule has 6 heteroatoms. The van der Waals surface area contributed by atoms with E-state index in [1.165, 1.54) is 4.90 Å². The molecule has 2 aliphatic rings. The molecule has 3 aromatic carbocycles. The summed E-state index contributed by atoms with van der Waals surface area (Å²) in [5.74, 6) is 0.341. The maximum absolute atomic E-state index is 13.8. The van der Waals surface area contributed by atoms with Gasteiger partial charge in [-0.3, -0.25) is 9.59 Å². The van der Waals surface area contributed by atoms with E-state index in [9.17, 15) is 9.59 Å².